The second-order valence-electron chi connectivity index (χ2n) is 5.42. The number of carbonyl (C=O) groups is 1. The van der Waals surface area contributed by atoms with Gasteiger partial charge in [-0.25, -0.2) is 0 Å². The molecule has 0 aliphatic rings. The van der Waals surface area contributed by atoms with E-state index in [9.17, 15) is 4.79 Å². The van der Waals surface area contributed by atoms with Gasteiger partial charge in [0, 0.05) is 14.8 Å². The van der Waals surface area contributed by atoms with Crippen molar-refractivity contribution in [2.24, 2.45) is 0 Å². The molecule has 4 nitrogen and oxygen atoms in total. The number of alkyl halides is 3. The van der Waals surface area contributed by atoms with Gasteiger partial charge in [0.15, 0.2) is 5.11 Å². The maximum absolute atomic E-state index is 12.4. The number of carbonyl (C=O) groups excluding carboxylic acids is 1. The summed E-state index contributed by atoms with van der Waals surface area (Å²) in [6.45, 7) is 1.99. The molecule has 0 aliphatic heterocycles. The van der Waals surface area contributed by atoms with E-state index in [-0.39, 0.29) is 11.0 Å². The Kier molecular flexibility index (Phi) is 7.78. The molecule has 0 bridgehead atoms. The molecule has 26 heavy (non-hydrogen) atoms. The maximum atomic E-state index is 12.4. The average molecular weight is 543 g/mol. The molecule has 0 aliphatic carbocycles. The fourth-order valence-electron chi connectivity index (χ4n) is 1.95. The van der Waals surface area contributed by atoms with Crippen LogP contribution in [-0.4, -0.2) is 21.0 Å². The number of amides is 1. The quantitative estimate of drug-likeness (QED) is 0.220. The largest absolute Gasteiger partial charge is 0.339 e. The Morgan fingerprint density at radius 1 is 1.04 bits per heavy atom. The highest BCUT2D eigenvalue weighted by Crippen LogP contribution is 2.29. The van der Waals surface area contributed by atoms with Crippen LogP contribution in [0.2, 0.25) is 0 Å². The molecule has 2 aromatic rings. The molecule has 0 radical (unpaired) electrons. The van der Waals surface area contributed by atoms with Crippen LogP contribution in [0.5, 0.6) is 0 Å². The van der Waals surface area contributed by atoms with Crippen LogP contribution >= 0.6 is 69.6 Å². The molecule has 138 valence electrons. The molecular weight excluding hydrogens is 528 g/mol. The van der Waals surface area contributed by atoms with Gasteiger partial charge in [0.25, 0.3) is 5.91 Å². The SMILES string of the molecule is Cc1ccc(NC(=S)N[C@H](NC(=O)c2ccc(I)cc2)C(Cl)(Cl)Cl)cc1. The normalized spacial score (nSPS) is 12.2. The van der Waals surface area contributed by atoms with E-state index in [0.29, 0.717) is 5.56 Å². The maximum Gasteiger partial charge on any atom is 0.252 e. The first-order chi connectivity index (χ1) is 12.1. The van der Waals surface area contributed by atoms with Gasteiger partial charge in [-0.2, -0.15) is 0 Å². The number of thiocarbonyl (C=S) groups is 1. The Balaban J connectivity index is 2.04. The summed E-state index contributed by atoms with van der Waals surface area (Å²) in [7, 11) is 0. The van der Waals surface area contributed by atoms with E-state index in [2.05, 4.69) is 38.5 Å². The van der Waals surface area contributed by atoms with Crippen molar-refractivity contribution >= 4 is 86.3 Å². The summed E-state index contributed by atoms with van der Waals surface area (Å²) < 4.78 is -0.795. The third-order valence-corrected chi connectivity index (χ3v) is 4.89. The molecule has 3 N–H and O–H groups in total. The second-order valence-corrected chi connectivity index (χ2v) is 9.44. The summed E-state index contributed by atoms with van der Waals surface area (Å²) in [5.41, 5.74) is 2.35. The van der Waals surface area contributed by atoms with Gasteiger partial charge >= 0.3 is 0 Å². The van der Waals surface area contributed by atoms with Crippen molar-refractivity contribution in [2.45, 2.75) is 16.9 Å². The lowest BCUT2D eigenvalue weighted by molar-refractivity contribution is 0.0934. The minimum Gasteiger partial charge on any atom is -0.339 e. The average Bonchev–Trinajstić information content (AvgIpc) is 2.56. The number of aryl methyl sites for hydroxylation is 1. The number of hydrogen-bond donors (Lipinski definition) is 3. The van der Waals surface area contributed by atoms with Crippen molar-refractivity contribution in [3.8, 4) is 0 Å². The number of nitrogens with one attached hydrogen (secondary N) is 3. The lowest BCUT2D eigenvalue weighted by Gasteiger charge is -2.27. The zero-order chi connectivity index (χ0) is 19.3. The molecule has 1 atom stereocenters. The predicted molar refractivity (Wildman–Crippen MR) is 121 cm³/mol. The van der Waals surface area contributed by atoms with Crippen LogP contribution in [0.15, 0.2) is 48.5 Å². The monoisotopic (exact) mass is 541 g/mol. The summed E-state index contributed by atoms with van der Waals surface area (Å²) in [5.74, 6) is -0.386. The van der Waals surface area contributed by atoms with E-state index in [1.165, 1.54) is 0 Å². The first-order valence-corrected chi connectivity index (χ1v) is 10.0. The van der Waals surface area contributed by atoms with Crippen LogP contribution in [0.3, 0.4) is 0 Å². The van der Waals surface area contributed by atoms with Crippen molar-refractivity contribution in [1.82, 2.24) is 10.6 Å². The molecule has 2 rings (SSSR count). The lowest BCUT2D eigenvalue weighted by atomic mass is 10.2. The smallest absolute Gasteiger partial charge is 0.252 e. The van der Waals surface area contributed by atoms with Gasteiger partial charge in [-0.15, -0.1) is 0 Å². The van der Waals surface area contributed by atoms with Gasteiger partial charge in [0.2, 0.25) is 3.79 Å². The van der Waals surface area contributed by atoms with Gasteiger partial charge in [0.05, 0.1) is 0 Å². The standard InChI is InChI=1S/C17H15Cl3IN3OS/c1-10-2-8-13(9-3-10)22-16(26)24-15(17(18,19)20)23-14(25)11-4-6-12(21)7-5-11/h2-9,15H,1H3,(H,23,25)(H2,22,24,26)/t15-/m0/s1. The first kappa shape index (κ1) is 21.5. The Morgan fingerprint density at radius 3 is 2.15 bits per heavy atom. The molecule has 0 heterocycles. The second kappa shape index (κ2) is 9.41. The molecule has 2 aromatic carbocycles. The van der Waals surface area contributed by atoms with Gasteiger partial charge in [-0.1, -0.05) is 52.5 Å². The number of benzene rings is 2. The highest BCUT2D eigenvalue weighted by atomic mass is 127. The van der Waals surface area contributed by atoms with Gasteiger partial charge < -0.3 is 16.0 Å². The summed E-state index contributed by atoms with van der Waals surface area (Å²) >= 11 is 25.4. The van der Waals surface area contributed by atoms with Crippen LogP contribution < -0.4 is 16.0 Å². The Hall–Kier alpha value is -0.800. The first-order valence-electron chi connectivity index (χ1n) is 7.42. The highest BCUT2D eigenvalue weighted by Gasteiger charge is 2.34. The van der Waals surface area contributed by atoms with E-state index in [0.717, 1.165) is 14.8 Å². The molecule has 0 saturated carbocycles. The molecule has 1 amide bonds. The van der Waals surface area contributed by atoms with E-state index in [1.54, 1.807) is 12.1 Å². The zero-order valence-electron chi connectivity index (χ0n) is 13.5. The van der Waals surface area contributed by atoms with Crippen molar-refractivity contribution < 1.29 is 4.79 Å². The molecule has 9 heteroatoms. The molecule has 0 aromatic heterocycles. The Morgan fingerprint density at radius 2 is 1.62 bits per heavy atom. The molecule has 0 fully saturated rings. The van der Waals surface area contributed by atoms with Crippen molar-refractivity contribution in [2.75, 3.05) is 5.32 Å². The third kappa shape index (κ3) is 6.74. The number of rotatable bonds is 4. The Labute approximate surface area is 186 Å². The molecule has 0 spiro atoms. The van der Waals surface area contributed by atoms with Crippen LogP contribution in [0.1, 0.15) is 15.9 Å². The molecule has 0 saturated heterocycles. The third-order valence-electron chi connectivity index (χ3n) is 3.29. The Bertz CT molecular complexity index is 779. The lowest BCUT2D eigenvalue weighted by Crippen LogP contribution is -2.56. The number of anilines is 1. The predicted octanol–water partition coefficient (Wildman–Crippen LogP) is 5.01. The van der Waals surface area contributed by atoms with Crippen LogP contribution in [0, 0.1) is 10.5 Å². The van der Waals surface area contributed by atoms with Crippen molar-refractivity contribution in [1.29, 1.82) is 0 Å². The fourth-order valence-corrected chi connectivity index (χ4v) is 2.87. The summed E-state index contributed by atoms with van der Waals surface area (Å²) in [6.07, 6.45) is -1.02. The van der Waals surface area contributed by atoms with E-state index in [1.807, 2.05) is 43.3 Å². The molecular formula is C17H15Cl3IN3OS. The number of hydrogen-bond acceptors (Lipinski definition) is 2. The van der Waals surface area contributed by atoms with Crippen LogP contribution in [0.4, 0.5) is 5.69 Å². The minimum atomic E-state index is -1.81. The molecule has 0 unspecified atom stereocenters. The zero-order valence-corrected chi connectivity index (χ0v) is 18.8. The van der Waals surface area contributed by atoms with Gasteiger partial charge in [-0.05, 0) is 78.1 Å². The summed E-state index contributed by atoms with van der Waals surface area (Å²) in [4.78, 5) is 12.4. The van der Waals surface area contributed by atoms with Crippen LogP contribution in [0.25, 0.3) is 0 Å². The van der Waals surface area contributed by atoms with E-state index < -0.39 is 9.96 Å². The van der Waals surface area contributed by atoms with Gasteiger partial charge in [0.1, 0.15) is 6.17 Å². The van der Waals surface area contributed by atoms with Crippen molar-refractivity contribution in [3.05, 3.63) is 63.2 Å². The van der Waals surface area contributed by atoms with E-state index >= 15 is 0 Å². The highest BCUT2D eigenvalue weighted by molar-refractivity contribution is 14.1. The summed E-state index contributed by atoms with van der Waals surface area (Å²) in [6, 6.07) is 14.6. The minimum absolute atomic E-state index is 0.216. The van der Waals surface area contributed by atoms with Crippen molar-refractivity contribution in [3.63, 3.8) is 0 Å². The number of halogens is 4. The van der Waals surface area contributed by atoms with Crippen LogP contribution in [-0.2, 0) is 0 Å². The fraction of sp³-hybridized carbons (Fsp3) is 0.176. The van der Waals surface area contributed by atoms with E-state index in [4.69, 9.17) is 47.0 Å². The summed E-state index contributed by atoms with van der Waals surface area (Å²) in [5, 5.41) is 8.67. The van der Waals surface area contributed by atoms with Gasteiger partial charge in [-0.3, -0.25) is 4.79 Å². The topological polar surface area (TPSA) is 53.2 Å².